The molecule has 1 aliphatic heterocycles. The number of hydrogen-bond acceptors (Lipinski definition) is 2. The summed E-state index contributed by atoms with van der Waals surface area (Å²) in [5.74, 6) is 0.770. The predicted octanol–water partition coefficient (Wildman–Crippen LogP) is 2.00. The molecule has 1 N–H and O–H groups in total. The average Bonchev–Trinajstić information content (AvgIpc) is 2.32. The molecule has 0 saturated carbocycles. The van der Waals surface area contributed by atoms with Crippen LogP contribution >= 0.6 is 15.9 Å². The van der Waals surface area contributed by atoms with Crippen LogP contribution in [-0.4, -0.2) is 17.7 Å². The van der Waals surface area contributed by atoms with E-state index in [0.717, 1.165) is 36.4 Å². The van der Waals surface area contributed by atoms with Gasteiger partial charge in [0.05, 0.1) is 0 Å². The number of piperidine rings is 1. The second-order valence-corrected chi connectivity index (χ2v) is 5.28. The molecule has 1 aromatic heterocycles. The van der Waals surface area contributed by atoms with Crippen LogP contribution in [0.15, 0.2) is 27.6 Å². The molecule has 0 aliphatic carbocycles. The minimum atomic E-state index is 0.0946. The highest BCUT2D eigenvalue weighted by Gasteiger charge is 2.12. The zero-order valence-corrected chi connectivity index (χ0v) is 10.9. The lowest BCUT2D eigenvalue weighted by molar-refractivity contribution is 0.336. The first kappa shape index (κ1) is 11.9. The number of halogens is 1. The van der Waals surface area contributed by atoms with Crippen molar-refractivity contribution in [2.24, 2.45) is 5.92 Å². The first-order chi connectivity index (χ1) is 7.75. The van der Waals surface area contributed by atoms with Gasteiger partial charge in [-0.25, -0.2) is 0 Å². The fourth-order valence-electron chi connectivity index (χ4n) is 2.17. The van der Waals surface area contributed by atoms with Crippen LogP contribution in [0.2, 0.25) is 0 Å². The highest BCUT2D eigenvalue weighted by atomic mass is 79.9. The molecule has 88 valence electrons. The molecule has 0 bridgehead atoms. The van der Waals surface area contributed by atoms with Crippen molar-refractivity contribution in [1.29, 1.82) is 0 Å². The maximum absolute atomic E-state index is 11.6. The van der Waals surface area contributed by atoms with Crippen molar-refractivity contribution in [2.75, 3.05) is 13.1 Å². The largest absolute Gasteiger partial charge is 0.317 e. The Balaban J connectivity index is 1.93. The minimum absolute atomic E-state index is 0.0946. The maximum Gasteiger partial charge on any atom is 0.250 e. The first-order valence-electron chi connectivity index (χ1n) is 5.82. The summed E-state index contributed by atoms with van der Waals surface area (Å²) in [6.07, 6.45) is 5.47. The van der Waals surface area contributed by atoms with Crippen molar-refractivity contribution in [3.05, 3.63) is 33.2 Å². The molecule has 16 heavy (non-hydrogen) atoms. The average molecular weight is 285 g/mol. The third-order valence-electron chi connectivity index (χ3n) is 3.18. The number of nitrogens with zero attached hydrogens (tertiary/aromatic N) is 1. The third-order valence-corrected chi connectivity index (χ3v) is 3.65. The van der Waals surface area contributed by atoms with Gasteiger partial charge in [-0.3, -0.25) is 4.79 Å². The van der Waals surface area contributed by atoms with Crippen LogP contribution in [-0.2, 0) is 6.54 Å². The Morgan fingerprint density at radius 1 is 1.38 bits per heavy atom. The van der Waals surface area contributed by atoms with Gasteiger partial charge in [0.25, 0.3) is 5.56 Å². The molecule has 0 amide bonds. The number of hydrogen-bond donors (Lipinski definition) is 1. The van der Waals surface area contributed by atoms with E-state index >= 15 is 0 Å². The molecule has 0 atom stereocenters. The van der Waals surface area contributed by atoms with Crippen LogP contribution in [0.1, 0.15) is 19.3 Å². The summed E-state index contributed by atoms with van der Waals surface area (Å²) in [7, 11) is 0. The molecule has 1 aromatic rings. The van der Waals surface area contributed by atoms with Crippen LogP contribution in [0.25, 0.3) is 0 Å². The molecular formula is C12H17BrN2O. The van der Waals surface area contributed by atoms with Crippen LogP contribution < -0.4 is 10.9 Å². The second-order valence-electron chi connectivity index (χ2n) is 4.36. The lowest BCUT2D eigenvalue weighted by Crippen LogP contribution is -2.29. The Morgan fingerprint density at radius 2 is 2.12 bits per heavy atom. The molecule has 0 aromatic carbocycles. The van der Waals surface area contributed by atoms with Crippen LogP contribution in [0.5, 0.6) is 0 Å². The number of nitrogens with one attached hydrogen (secondary N) is 1. The van der Waals surface area contributed by atoms with Crippen molar-refractivity contribution in [2.45, 2.75) is 25.8 Å². The van der Waals surface area contributed by atoms with E-state index in [2.05, 4.69) is 21.2 Å². The van der Waals surface area contributed by atoms with Gasteiger partial charge in [-0.05, 0) is 60.3 Å². The van der Waals surface area contributed by atoms with Gasteiger partial charge in [0, 0.05) is 23.3 Å². The third kappa shape index (κ3) is 3.19. The van der Waals surface area contributed by atoms with E-state index in [1.807, 2.05) is 6.20 Å². The van der Waals surface area contributed by atoms with Crippen molar-refractivity contribution in [3.63, 3.8) is 0 Å². The van der Waals surface area contributed by atoms with E-state index in [9.17, 15) is 4.79 Å². The molecule has 3 nitrogen and oxygen atoms in total. The molecule has 4 heteroatoms. The van der Waals surface area contributed by atoms with Crippen LogP contribution in [0.3, 0.4) is 0 Å². The van der Waals surface area contributed by atoms with Crippen molar-refractivity contribution < 1.29 is 0 Å². The lowest BCUT2D eigenvalue weighted by atomic mass is 9.95. The van der Waals surface area contributed by atoms with Gasteiger partial charge in [0.1, 0.15) is 0 Å². The molecule has 0 spiro atoms. The highest BCUT2D eigenvalue weighted by molar-refractivity contribution is 9.10. The Labute approximate surface area is 104 Å². The van der Waals surface area contributed by atoms with E-state index in [1.165, 1.54) is 12.8 Å². The Kier molecular flexibility index (Phi) is 4.18. The molecular weight excluding hydrogens is 268 g/mol. The molecule has 1 aliphatic rings. The van der Waals surface area contributed by atoms with Gasteiger partial charge in [0.15, 0.2) is 0 Å². The van der Waals surface area contributed by atoms with E-state index in [-0.39, 0.29) is 5.56 Å². The summed E-state index contributed by atoms with van der Waals surface area (Å²) in [4.78, 5) is 11.6. The smallest absolute Gasteiger partial charge is 0.250 e. The van der Waals surface area contributed by atoms with Gasteiger partial charge < -0.3 is 9.88 Å². The second kappa shape index (κ2) is 5.64. The molecule has 1 fully saturated rings. The number of aromatic nitrogens is 1. The van der Waals surface area contributed by atoms with E-state index in [1.54, 1.807) is 16.7 Å². The predicted molar refractivity (Wildman–Crippen MR) is 68.6 cm³/mol. The van der Waals surface area contributed by atoms with Gasteiger partial charge in [-0.15, -0.1) is 0 Å². The molecule has 0 radical (unpaired) electrons. The summed E-state index contributed by atoms with van der Waals surface area (Å²) in [6, 6.07) is 3.41. The monoisotopic (exact) mass is 284 g/mol. The normalized spacial score (nSPS) is 17.6. The summed E-state index contributed by atoms with van der Waals surface area (Å²) in [5, 5.41) is 3.36. The highest BCUT2D eigenvalue weighted by Crippen LogP contribution is 2.16. The van der Waals surface area contributed by atoms with Gasteiger partial charge in [-0.2, -0.15) is 0 Å². The topological polar surface area (TPSA) is 34.0 Å². The Bertz CT molecular complexity index is 396. The first-order valence-corrected chi connectivity index (χ1v) is 6.62. The molecule has 2 rings (SSSR count). The van der Waals surface area contributed by atoms with Crippen LogP contribution in [0, 0.1) is 5.92 Å². The fourth-order valence-corrected chi connectivity index (χ4v) is 2.55. The van der Waals surface area contributed by atoms with Gasteiger partial charge in [-0.1, -0.05) is 0 Å². The van der Waals surface area contributed by atoms with Crippen molar-refractivity contribution in [1.82, 2.24) is 9.88 Å². The Morgan fingerprint density at radius 3 is 2.88 bits per heavy atom. The van der Waals surface area contributed by atoms with Gasteiger partial charge in [0.2, 0.25) is 0 Å². The number of pyridine rings is 1. The quantitative estimate of drug-likeness (QED) is 0.921. The van der Waals surface area contributed by atoms with Gasteiger partial charge >= 0.3 is 0 Å². The SMILES string of the molecule is O=c1ccc(Br)cn1CCC1CCNCC1. The zero-order valence-electron chi connectivity index (χ0n) is 9.29. The van der Waals surface area contributed by atoms with E-state index in [0.29, 0.717) is 0 Å². The fraction of sp³-hybridized carbons (Fsp3) is 0.583. The summed E-state index contributed by atoms with van der Waals surface area (Å²) < 4.78 is 2.77. The summed E-state index contributed by atoms with van der Waals surface area (Å²) >= 11 is 3.39. The summed E-state index contributed by atoms with van der Waals surface area (Å²) in [6.45, 7) is 3.08. The van der Waals surface area contributed by atoms with Crippen molar-refractivity contribution in [3.8, 4) is 0 Å². The molecule has 0 unspecified atom stereocenters. The minimum Gasteiger partial charge on any atom is -0.317 e. The summed E-state index contributed by atoms with van der Waals surface area (Å²) in [5.41, 5.74) is 0.0946. The molecule has 2 heterocycles. The Hall–Kier alpha value is -0.610. The lowest BCUT2D eigenvalue weighted by Gasteiger charge is -2.22. The van der Waals surface area contributed by atoms with Crippen LogP contribution in [0.4, 0.5) is 0 Å². The zero-order chi connectivity index (χ0) is 11.4. The number of rotatable bonds is 3. The van der Waals surface area contributed by atoms with E-state index < -0.39 is 0 Å². The number of aryl methyl sites for hydroxylation is 1. The maximum atomic E-state index is 11.6. The van der Waals surface area contributed by atoms with Crippen molar-refractivity contribution >= 4 is 15.9 Å². The van der Waals surface area contributed by atoms with E-state index in [4.69, 9.17) is 0 Å². The standard InChI is InChI=1S/C12H17BrN2O/c13-11-1-2-12(16)15(9-11)8-5-10-3-6-14-7-4-10/h1-2,9-10,14H,3-8H2. The molecule has 1 saturated heterocycles.